The van der Waals surface area contributed by atoms with Crippen LogP contribution in [0.3, 0.4) is 0 Å². The lowest BCUT2D eigenvalue weighted by Crippen LogP contribution is -2.40. The van der Waals surface area contributed by atoms with Gasteiger partial charge in [-0.05, 0) is 51.5 Å². The van der Waals surface area contributed by atoms with Crippen molar-refractivity contribution in [1.29, 1.82) is 5.26 Å². The molecular formula is C18H24N4O. The Labute approximate surface area is 138 Å². The normalized spacial score (nSPS) is 16.7. The van der Waals surface area contributed by atoms with Crippen molar-refractivity contribution in [2.75, 3.05) is 32.5 Å². The van der Waals surface area contributed by atoms with Crippen molar-refractivity contribution in [3.63, 3.8) is 0 Å². The number of hydrogen-bond acceptors (Lipinski definition) is 4. The molecule has 1 heterocycles. The van der Waals surface area contributed by atoms with Crippen LogP contribution in [0.2, 0.25) is 0 Å². The molecule has 0 spiro atoms. The van der Waals surface area contributed by atoms with Gasteiger partial charge in [-0.3, -0.25) is 4.79 Å². The molecule has 1 aromatic carbocycles. The molecule has 1 aliphatic heterocycles. The molecule has 0 bridgehead atoms. The van der Waals surface area contributed by atoms with E-state index in [9.17, 15) is 10.1 Å². The Morgan fingerprint density at radius 3 is 2.65 bits per heavy atom. The van der Waals surface area contributed by atoms with Gasteiger partial charge in [-0.1, -0.05) is 18.2 Å². The molecule has 1 saturated heterocycles. The van der Waals surface area contributed by atoms with Gasteiger partial charge in [0, 0.05) is 25.0 Å². The first-order valence-corrected chi connectivity index (χ1v) is 7.90. The second-order valence-electron chi connectivity index (χ2n) is 6.12. The minimum atomic E-state index is -0.360. The molecule has 1 N–H and O–H groups in total. The minimum absolute atomic E-state index is 0.134. The Balaban J connectivity index is 2.04. The molecule has 122 valence electrons. The number of nitrogens with zero attached hydrogens (tertiary/aromatic N) is 3. The predicted octanol–water partition coefficient (Wildman–Crippen LogP) is 2.37. The molecule has 5 nitrogen and oxygen atoms in total. The zero-order chi connectivity index (χ0) is 16.8. The summed E-state index contributed by atoms with van der Waals surface area (Å²) in [6, 6.07) is 9.94. The predicted molar refractivity (Wildman–Crippen MR) is 91.8 cm³/mol. The van der Waals surface area contributed by atoms with Crippen LogP contribution in [0.4, 0.5) is 5.69 Å². The van der Waals surface area contributed by atoms with Crippen molar-refractivity contribution in [3.05, 3.63) is 41.6 Å². The van der Waals surface area contributed by atoms with Crippen molar-refractivity contribution >= 4 is 11.6 Å². The summed E-state index contributed by atoms with van der Waals surface area (Å²) < 4.78 is 0. The highest BCUT2D eigenvalue weighted by Gasteiger charge is 2.20. The van der Waals surface area contributed by atoms with Gasteiger partial charge in [-0.15, -0.1) is 0 Å². The van der Waals surface area contributed by atoms with E-state index in [1.165, 1.54) is 0 Å². The van der Waals surface area contributed by atoms with Gasteiger partial charge in [-0.2, -0.15) is 5.26 Å². The highest BCUT2D eigenvalue weighted by molar-refractivity contribution is 6.06. The molecule has 1 aromatic rings. The van der Waals surface area contributed by atoms with Gasteiger partial charge < -0.3 is 15.1 Å². The van der Waals surface area contributed by atoms with E-state index in [4.69, 9.17) is 0 Å². The van der Waals surface area contributed by atoms with Crippen molar-refractivity contribution in [2.45, 2.75) is 25.8 Å². The van der Waals surface area contributed by atoms with Crippen LogP contribution in [-0.2, 0) is 4.79 Å². The number of para-hydroxylation sites is 1. The number of likely N-dealkylation sites (tertiary alicyclic amines) is 1. The SMILES string of the molecule is Cc1ccccc1NC(=O)/C(C#N)=C\N(C)C1CCN(C)CC1. The Hall–Kier alpha value is -2.32. The smallest absolute Gasteiger partial charge is 0.267 e. The molecule has 5 heteroatoms. The van der Waals surface area contributed by atoms with Gasteiger partial charge in [0.05, 0.1) is 0 Å². The molecule has 1 fully saturated rings. The van der Waals surface area contributed by atoms with Crippen LogP contribution >= 0.6 is 0 Å². The van der Waals surface area contributed by atoms with Gasteiger partial charge >= 0.3 is 0 Å². The number of carbonyl (C=O) groups is 1. The number of piperidine rings is 1. The molecule has 1 amide bonds. The Kier molecular flexibility index (Phi) is 5.78. The van der Waals surface area contributed by atoms with E-state index in [0.29, 0.717) is 6.04 Å². The highest BCUT2D eigenvalue weighted by Crippen LogP contribution is 2.17. The fourth-order valence-corrected chi connectivity index (χ4v) is 2.75. The van der Waals surface area contributed by atoms with Crippen LogP contribution < -0.4 is 5.32 Å². The fraction of sp³-hybridized carbons (Fsp3) is 0.444. The average Bonchev–Trinajstić information content (AvgIpc) is 2.55. The summed E-state index contributed by atoms with van der Waals surface area (Å²) in [5, 5.41) is 12.1. The van der Waals surface area contributed by atoms with Gasteiger partial charge in [-0.25, -0.2) is 0 Å². The zero-order valence-corrected chi connectivity index (χ0v) is 14.0. The third-order valence-corrected chi connectivity index (χ3v) is 4.36. The maximum absolute atomic E-state index is 12.3. The molecule has 0 saturated carbocycles. The van der Waals surface area contributed by atoms with E-state index in [2.05, 4.69) is 17.3 Å². The Morgan fingerprint density at radius 2 is 2.04 bits per heavy atom. The number of anilines is 1. The van der Waals surface area contributed by atoms with Crippen LogP contribution in [0.5, 0.6) is 0 Å². The number of nitrogens with one attached hydrogen (secondary N) is 1. The largest absolute Gasteiger partial charge is 0.376 e. The lowest BCUT2D eigenvalue weighted by atomic mass is 10.0. The first-order chi connectivity index (χ1) is 11.0. The van der Waals surface area contributed by atoms with Crippen LogP contribution in [0.25, 0.3) is 0 Å². The average molecular weight is 312 g/mol. The van der Waals surface area contributed by atoms with Crippen LogP contribution in [0.1, 0.15) is 18.4 Å². The van der Waals surface area contributed by atoms with Crippen molar-refractivity contribution in [1.82, 2.24) is 9.80 Å². The van der Waals surface area contributed by atoms with E-state index in [-0.39, 0.29) is 11.5 Å². The Morgan fingerprint density at radius 1 is 1.39 bits per heavy atom. The lowest BCUT2D eigenvalue weighted by molar-refractivity contribution is -0.112. The van der Waals surface area contributed by atoms with Crippen LogP contribution in [0.15, 0.2) is 36.0 Å². The third kappa shape index (κ3) is 4.57. The zero-order valence-electron chi connectivity index (χ0n) is 14.0. The van der Waals surface area contributed by atoms with Crippen molar-refractivity contribution < 1.29 is 4.79 Å². The number of carbonyl (C=O) groups excluding carboxylic acids is 1. The maximum atomic E-state index is 12.3. The summed E-state index contributed by atoms with van der Waals surface area (Å²) in [4.78, 5) is 16.6. The number of nitriles is 1. The molecular weight excluding hydrogens is 288 g/mol. The summed E-state index contributed by atoms with van der Waals surface area (Å²) in [5.41, 5.74) is 1.84. The van der Waals surface area contributed by atoms with E-state index in [1.807, 2.05) is 49.2 Å². The maximum Gasteiger partial charge on any atom is 0.267 e. The van der Waals surface area contributed by atoms with Crippen LogP contribution in [-0.4, -0.2) is 48.9 Å². The molecule has 0 radical (unpaired) electrons. The van der Waals surface area contributed by atoms with E-state index in [0.717, 1.165) is 37.2 Å². The summed E-state index contributed by atoms with van der Waals surface area (Å²) in [6.07, 6.45) is 3.76. The Bertz CT molecular complexity index is 624. The summed E-state index contributed by atoms with van der Waals surface area (Å²) in [7, 11) is 4.05. The summed E-state index contributed by atoms with van der Waals surface area (Å²) in [5.74, 6) is -0.360. The monoisotopic (exact) mass is 312 g/mol. The van der Waals surface area contributed by atoms with Crippen molar-refractivity contribution in [2.24, 2.45) is 0 Å². The number of rotatable bonds is 4. The molecule has 0 aliphatic carbocycles. The minimum Gasteiger partial charge on any atom is -0.376 e. The number of benzene rings is 1. The second-order valence-corrected chi connectivity index (χ2v) is 6.12. The number of aryl methyl sites for hydroxylation is 1. The molecule has 23 heavy (non-hydrogen) atoms. The topological polar surface area (TPSA) is 59.4 Å². The van der Waals surface area contributed by atoms with Gasteiger partial charge in [0.25, 0.3) is 5.91 Å². The fourth-order valence-electron chi connectivity index (χ4n) is 2.75. The van der Waals surface area contributed by atoms with Gasteiger partial charge in [0.15, 0.2) is 0 Å². The third-order valence-electron chi connectivity index (χ3n) is 4.36. The highest BCUT2D eigenvalue weighted by atomic mass is 16.1. The lowest BCUT2D eigenvalue weighted by Gasteiger charge is -2.34. The van der Waals surface area contributed by atoms with Gasteiger partial charge in [0.1, 0.15) is 11.6 Å². The number of hydrogen-bond donors (Lipinski definition) is 1. The van der Waals surface area contributed by atoms with Crippen LogP contribution in [0, 0.1) is 18.3 Å². The molecule has 0 aromatic heterocycles. The first kappa shape index (κ1) is 17.0. The molecule has 0 unspecified atom stereocenters. The van der Waals surface area contributed by atoms with E-state index >= 15 is 0 Å². The molecule has 1 aliphatic rings. The van der Waals surface area contributed by atoms with E-state index in [1.54, 1.807) is 6.20 Å². The summed E-state index contributed by atoms with van der Waals surface area (Å²) in [6.45, 7) is 4.01. The van der Waals surface area contributed by atoms with Gasteiger partial charge in [0.2, 0.25) is 0 Å². The standard InChI is InChI=1S/C18H24N4O/c1-14-6-4-5-7-17(14)20-18(23)15(12-19)13-22(3)16-8-10-21(2)11-9-16/h4-7,13,16H,8-11H2,1-3H3,(H,20,23)/b15-13-. The second kappa shape index (κ2) is 7.80. The summed E-state index contributed by atoms with van der Waals surface area (Å²) >= 11 is 0. The van der Waals surface area contributed by atoms with E-state index < -0.39 is 0 Å². The quantitative estimate of drug-likeness (QED) is 0.685. The van der Waals surface area contributed by atoms with Crippen molar-refractivity contribution in [3.8, 4) is 6.07 Å². The molecule has 2 rings (SSSR count). The number of amides is 1. The molecule has 0 atom stereocenters. The first-order valence-electron chi connectivity index (χ1n) is 7.90.